The fraction of sp³-hybridized carbons (Fsp3) is 0.0968. The van der Waals surface area contributed by atoms with Crippen molar-refractivity contribution in [2.45, 2.75) is 19.3 Å². The molecule has 1 aromatic heterocycles. The molecule has 0 spiro atoms. The molecular weight excluding hydrogens is 502 g/mol. The van der Waals surface area contributed by atoms with Crippen LogP contribution in [-0.2, 0) is 18.0 Å². The Hall–Kier alpha value is -4.55. The molecule has 7 heteroatoms. The molecule has 0 aliphatic rings. The number of carbonyl (C=O) groups is 1. The summed E-state index contributed by atoms with van der Waals surface area (Å²) < 4.78 is 17.8. The lowest BCUT2D eigenvalue weighted by molar-refractivity contribution is -0.145. The molecule has 0 fully saturated rings. The summed E-state index contributed by atoms with van der Waals surface area (Å²) in [7, 11) is 0. The third-order valence-electron chi connectivity index (χ3n) is 5.86. The monoisotopic (exact) mass is 525 g/mol. The molecule has 0 saturated carbocycles. The van der Waals surface area contributed by atoms with Gasteiger partial charge in [-0.3, -0.25) is 0 Å². The van der Waals surface area contributed by atoms with E-state index >= 15 is 0 Å². The van der Waals surface area contributed by atoms with Gasteiger partial charge < -0.3 is 19.3 Å². The SMILES string of the molecule is O=C(O)C(Oc1c(Cl)cccc1COc1cccc(COc2ccc3ccccc3n2)c1)c1ccccc1. The number of pyridine rings is 1. The largest absolute Gasteiger partial charge is 0.489 e. The third kappa shape index (κ3) is 6.05. The molecule has 0 aliphatic heterocycles. The lowest BCUT2D eigenvalue weighted by Crippen LogP contribution is -2.19. The summed E-state index contributed by atoms with van der Waals surface area (Å²) in [6.45, 7) is 0.457. The van der Waals surface area contributed by atoms with Crippen molar-refractivity contribution in [2.24, 2.45) is 0 Å². The fourth-order valence-electron chi connectivity index (χ4n) is 3.98. The predicted molar refractivity (Wildman–Crippen MR) is 146 cm³/mol. The van der Waals surface area contributed by atoms with Crippen LogP contribution in [0.3, 0.4) is 0 Å². The second-order valence-electron chi connectivity index (χ2n) is 8.54. The van der Waals surface area contributed by atoms with Crippen LogP contribution in [0.1, 0.15) is 22.8 Å². The van der Waals surface area contributed by atoms with Crippen molar-refractivity contribution in [1.29, 1.82) is 0 Å². The maximum absolute atomic E-state index is 12.0. The number of carboxylic acids is 1. The van der Waals surface area contributed by atoms with Crippen LogP contribution >= 0.6 is 11.6 Å². The number of para-hydroxylation sites is 2. The average molecular weight is 526 g/mol. The highest BCUT2D eigenvalue weighted by Crippen LogP contribution is 2.34. The summed E-state index contributed by atoms with van der Waals surface area (Å²) in [5, 5.41) is 11.1. The number of fused-ring (bicyclic) bond motifs is 1. The van der Waals surface area contributed by atoms with E-state index in [1.54, 1.807) is 42.5 Å². The van der Waals surface area contributed by atoms with E-state index in [0.717, 1.165) is 16.5 Å². The zero-order chi connectivity index (χ0) is 26.3. The molecule has 4 aromatic carbocycles. The highest BCUT2D eigenvalue weighted by atomic mass is 35.5. The van der Waals surface area contributed by atoms with Gasteiger partial charge in [-0.05, 0) is 35.9 Å². The Morgan fingerprint density at radius 1 is 0.816 bits per heavy atom. The van der Waals surface area contributed by atoms with Gasteiger partial charge in [0.2, 0.25) is 12.0 Å². The maximum atomic E-state index is 12.0. The molecule has 6 nitrogen and oxygen atoms in total. The van der Waals surface area contributed by atoms with Crippen LogP contribution in [0.4, 0.5) is 0 Å². The summed E-state index contributed by atoms with van der Waals surface area (Å²) in [6, 6.07) is 33.2. The number of aliphatic carboxylic acids is 1. The van der Waals surface area contributed by atoms with Crippen molar-refractivity contribution >= 4 is 28.5 Å². The summed E-state index contributed by atoms with van der Waals surface area (Å²) in [5.41, 5.74) is 2.93. The molecule has 5 rings (SSSR count). The van der Waals surface area contributed by atoms with Crippen LogP contribution in [0.15, 0.2) is 109 Å². The Bertz CT molecular complexity index is 1560. The van der Waals surface area contributed by atoms with E-state index in [-0.39, 0.29) is 12.4 Å². The first kappa shape index (κ1) is 25.1. The Morgan fingerprint density at radius 3 is 2.45 bits per heavy atom. The number of hydrogen-bond acceptors (Lipinski definition) is 5. The number of aromatic nitrogens is 1. The van der Waals surface area contributed by atoms with Gasteiger partial charge in [0.05, 0.1) is 10.5 Å². The van der Waals surface area contributed by atoms with E-state index in [9.17, 15) is 9.90 Å². The molecule has 0 aliphatic carbocycles. The molecule has 1 atom stereocenters. The number of rotatable bonds is 10. The van der Waals surface area contributed by atoms with E-state index in [2.05, 4.69) is 4.98 Å². The van der Waals surface area contributed by atoms with Crippen LogP contribution in [0, 0.1) is 0 Å². The molecule has 0 bridgehead atoms. The van der Waals surface area contributed by atoms with Gasteiger partial charge in [0.25, 0.3) is 0 Å². The minimum Gasteiger partial charge on any atom is -0.489 e. The Balaban J connectivity index is 1.27. The van der Waals surface area contributed by atoms with Gasteiger partial charge in [-0.1, -0.05) is 84.4 Å². The van der Waals surface area contributed by atoms with E-state index in [1.807, 2.05) is 66.7 Å². The zero-order valence-corrected chi connectivity index (χ0v) is 21.0. The lowest BCUT2D eigenvalue weighted by Gasteiger charge is -2.19. The van der Waals surface area contributed by atoms with Crippen molar-refractivity contribution in [3.8, 4) is 17.4 Å². The minimum atomic E-state index is -1.21. The molecule has 0 saturated heterocycles. The molecule has 1 heterocycles. The topological polar surface area (TPSA) is 77.9 Å². The highest BCUT2D eigenvalue weighted by molar-refractivity contribution is 6.32. The molecule has 0 radical (unpaired) electrons. The van der Waals surface area contributed by atoms with Crippen molar-refractivity contribution in [2.75, 3.05) is 0 Å². The second-order valence-corrected chi connectivity index (χ2v) is 8.95. The Kier molecular flexibility index (Phi) is 7.71. The van der Waals surface area contributed by atoms with Gasteiger partial charge in [0.15, 0.2) is 0 Å². The zero-order valence-electron chi connectivity index (χ0n) is 20.3. The predicted octanol–water partition coefficient (Wildman–Crippen LogP) is 7.25. The van der Waals surface area contributed by atoms with E-state index in [1.165, 1.54) is 0 Å². The van der Waals surface area contributed by atoms with E-state index in [4.69, 9.17) is 25.8 Å². The van der Waals surface area contributed by atoms with Crippen molar-refractivity contribution in [1.82, 2.24) is 4.98 Å². The summed E-state index contributed by atoms with van der Waals surface area (Å²) in [4.78, 5) is 16.5. The van der Waals surface area contributed by atoms with Crippen LogP contribution in [0.2, 0.25) is 5.02 Å². The maximum Gasteiger partial charge on any atom is 0.349 e. The second kappa shape index (κ2) is 11.7. The summed E-state index contributed by atoms with van der Waals surface area (Å²) in [6.07, 6.45) is -1.21. The van der Waals surface area contributed by atoms with Gasteiger partial charge >= 0.3 is 5.97 Å². The molecular formula is C31H24ClNO5. The molecule has 190 valence electrons. The van der Waals surface area contributed by atoms with E-state index < -0.39 is 12.1 Å². The highest BCUT2D eigenvalue weighted by Gasteiger charge is 2.24. The van der Waals surface area contributed by atoms with Crippen molar-refractivity contribution in [3.63, 3.8) is 0 Å². The summed E-state index contributed by atoms with van der Waals surface area (Å²) >= 11 is 6.41. The van der Waals surface area contributed by atoms with Gasteiger partial charge in [0.1, 0.15) is 24.7 Å². The van der Waals surface area contributed by atoms with E-state index in [0.29, 0.717) is 34.4 Å². The molecule has 38 heavy (non-hydrogen) atoms. The number of halogens is 1. The number of benzene rings is 4. The van der Waals surface area contributed by atoms with Crippen LogP contribution in [0.5, 0.6) is 17.4 Å². The number of carboxylic acid groups (broad SMARTS) is 1. The normalized spacial score (nSPS) is 11.6. The molecule has 1 N–H and O–H groups in total. The number of hydrogen-bond donors (Lipinski definition) is 1. The van der Waals surface area contributed by atoms with Crippen LogP contribution in [-0.4, -0.2) is 16.1 Å². The quantitative estimate of drug-likeness (QED) is 0.207. The van der Waals surface area contributed by atoms with Gasteiger partial charge in [-0.25, -0.2) is 9.78 Å². The molecule has 5 aromatic rings. The minimum absolute atomic E-state index is 0.133. The van der Waals surface area contributed by atoms with Gasteiger partial charge in [0, 0.05) is 22.6 Å². The average Bonchev–Trinajstić information content (AvgIpc) is 2.95. The first-order chi connectivity index (χ1) is 18.6. The molecule has 1 unspecified atom stereocenters. The Labute approximate surface area is 225 Å². The summed E-state index contributed by atoms with van der Waals surface area (Å²) in [5.74, 6) is 0.326. The first-order valence-corrected chi connectivity index (χ1v) is 12.4. The number of ether oxygens (including phenoxy) is 3. The van der Waals surface area contributed by atoms with Crippen molar-refractivity contribution < 1.29 is 24.1 Å². The van der Waals surface area contributed by atoms with Crippen LogP contribution < -0.4 is 14.2 Å². The van der Waals surface area contributed by atoms with Crippen molar-refractivity contribution in [3.05, 3.63) is 131 Å². The fourth-order valence-corrected chi connectivity index (χ4v) is 4.22. The first-order valence-electron chi connectivity index (χ1n) is 12.0. The Morgan fingerprint density at radius 2 is 1.61 bits per heavy atom. The smallest absolute Gasteiger partial charge is 0.349 e. The van der Waals surface area contributed by atoms with Gasteiger partial charge in [-0.2, -0.15) is 0 Å². The molecule has 0 amide bonds. The third-order valence-corrected chi connectivity index (χ3v) is 6.16. The van der Waals surface area contributed by atoms with Crippen LogP contribution in [0.25, 0.3) is 10.9 Å². The lowest BCUT2D eigenvalue weighted by atomic mass is 10.1. The van der Waals surface area contributed by atoms with Gasteiger partial charge in [-0.15, -0.1) is 0 Å². The number of nitrogens with zero attached hydrogens (tertiary/aromatic N) is 1. The standard InChI is InChI=1S/C31H24ClNO5/c32-26-14-7-12-24(29(26)38-30(31(34)35)23-10-2-1-3-11-23)20-36-25-13-6-8-21(18-25)19-37-28-17-16-22-9-4-5-15-27(22)33-28/h1-18,30H,19-20H2,(H,34,35).